The number of carbonyl (C=O) groups excluding carboxylic acids is 3. The molecular weight excluding hydrogens is 533 g/mol. The smallest absolute Gasteiger partial charge is 0.342 e. The largest absolute Gasteiger partial charge is 0.417 e. The second kappa shape index (κ2) is 13.5. The minimum Gasteiger partial charge on any atom is -0.342 e. The number of rotatable bonds is 10. The van der Waals surface area contributed by atoms with Crippen molar-refractivity contribution in [2.75, 3.05) is 26.7 Å². The van der Waals surface area contributed by atoms with Gasteiger partial charge in [0.15, 0.2) is 0 Å². The third-order valence-corrected chi connectivity index (χ3v) is 7.58. The summed E-state index contributed by atoms with van der Waals surface area (Å²) in [5, 5.41) is 5.75. The first kappa shape index (κ1) is 32.1. The van der Waals surface area contributed by atoms with Crippen LogP contribution in [0.3, 0.4) is 0 Å². The van der Waals surface area contributed by atoms with Crippen LogP contribution in [0.1, 0.15) is 62.0 Å². The molecule has 0 unspecified atom stereocenters. The lowest BCUT2D eigenvalue weighted by atomic mass is 9.85. The van der Waals surface area contributed by atoms with E-state index in [4.69, 9.17) is 0 Å². The fourth-order valence-electron chi connectivity index (χ4n) is 5.05. The molecule has 1 saturated heterocycles. The molecule has 41 heavy (non-hydrogen) atoms. The highest BCUT2D eigenvalue weighted by molar-refractivity contribution is 5.96. The van der Waals surface area contributed by atoms with E-state index < -0.39 is 46.8 Å². The molecular formula is C31H41F3N4O3. The first-order valence-corrected chi connectivity index (χ1v) is 14.0. The SMILES string of the molecule is CN[C@@H](C)C(=O)N[C@H](C(=O)N1CCC[C@H]1CN(CCc1ccccc1)C(=O)c1ccccc1C(F)(F)F)C(C)(C)C. The Balaban J connectivity index is 1.90. The van der Waals surface area contributed by atoms with Crippen LogP contribution < -0.4 is 10.6 Å². The van der Waals surface area contributed by atoms with Crippen LogP contribution in [0.4, 0.5) is 13.2 Å². The number of benzene rings is 2. The van der Waals surface area contributed by atoms with Gasteiger partial charge in [0.1, 0.15) is 6.04 Å². The minimum atomic E-state index is -4.69. The molecule has 0 aromatic heterocycles. The van der Waals surface area contributed by atoms with E-state index in [1.54, 1.807) is 18.9 Å². The number of nitrogens with zero attached hydrogens (tertiary/aromatic N) is 2. The number of carbonyl (C=O) groups is 3. The molecule has 1 aliphatic heterocycles. The Morgan fingerprint density at radius 2 is 1.66 bits per heavy atom. The van der Waals surface area contributed by atoms with Crippen molar-refractivity contribution in [1.29, 1.82) is 0 Å². The van der Waals surface area contributed by atoms with Crippen molar-refractivity contribution >= 4 is 17.7 Å². The lowest BCUT2D eigenvalue weighted by Gasteiger charge is -2.37. The van der Waals surface area contributed by atoms with Crippen molar-refractivity contribution in [1.82, 2.24) is 20.4 Å². The van der Waals surface area contributed by atoms with Crippen LogP contribution in [0, 0.1) is 5.41 Å². The number of hydrogen-bond acceptors (Lipinski definition) is 4. The lowest BCUT2D eigenvalue weighted by molar-refractivity contribution is -0.140. The Morgan fingerprint density at radius 3 is 2.27 bits per heavy atom. The van der Waals surface area contributed by atoms with Gasteiger partial charge in [-0.3, -0.25) is 14.4 Å². The maximum Gasteiger partial charge on any atom is 0.417 e. The summed E-state index contributed by atoms with van der Waals surface area (Å²) in [7, 11) is 1.66. The van der Waals surface area contributed by atoms with E-state index >= 15 is 0 Å². The number of alkyl halides is 3. The fraction of sp³-hybridized carbons (Fsp3) is 0.516. The number of halogens is 3. The Kier molecular flexibility index (Phi) is 10.6. The molecule has 3 rings (SSSR count). The maximum atomic E-state index is 13.9. The maximum absolute atomic E-state index is 13.9. The molecule has 1 fully saturated rings. The van der Waals surface area contributed by atoms with Crippen molar-refractivity contribution in [3.63, 3.8) is 0 Å². The van der Waals surface area contributed by atoms with Gasteiger partial charge in [0.05, 0.1) is 17.2 Å². The third kappa shape index (κ3) is 8.31. The van der Waals surface area contributed by atoms with E-state index in [-0.39, 0.29) is 24.9 Å². The van der Waals surface area contributed by atoms with E-state index in [9.17, 15) is 27.6 Å². The zero-order valence-electron chi connectivity index (χ0n) is 24.4. The van der Waals surface area contributed by atoms with Crippen LogP contribution in [-0.4, -0.2) is 72.3 Å². The molecule has 0 aliphatic carbocycles. The van der Waals surface area contributed by atoms with E-state index in [0.717, 1.165) is 11.6 Å². The van der Waals surface area contributed by atoms with Crippen LogP contribution in [0.5, 0.6) is 0 Å². The van der Waals surface area contributed by atoms with Gasteiger partial charge in [0, 0.05) is 25.7 Å². The Morgan fingerprint density at radius 1 is 1.02 bits per heavy atom. The number of likely N-dealkylation sites (tertiary alicyclic amines) is 1. The first-order chi connectivity index (χ1) is 19.2. The van der Waals surface area contributed by atoms with Gasteiger partial charge >= 0.3 is 6.18 Å². The second-order valence-electron chi connectivity index (χ2n) is 11.7. The highest BCUT2D eigenvalue weighted by Gasteiger charge is 2.41. The second-order valence-corrected chi connectivity index (χ2v) is 11.7. The van der Waals surface area contributed by atoms with E-state index in [1.165, 1.54) is 23.1 Å². The minimum absolute atomic E-state index is 0.0846. The van der Waals surface area contributed by atoms with E-state index in [2.05, 4.69) is 10.6 Å². The van der Waals surface area contributed by atoms with Crippen molar-refractivity contribution < 1.29 is 27.6 Å². The average Bonchev–Trinajstić information content (AvgIpc) is 3.40. The van der Waals surface area contributed by atoms with Gasteiger partial charge in [-0.25, -0.2) is 0 Å². The predicted molar refractivity (Wildman–Crippen MR) is 152 cm³/mol. The third-order valence-electron chi connectivity index (χ3n) is 7.58. The molecule has 2 aromatic carbocycles. The summed E-state index contributed by atoms with van der Waals surface area (Å²) in [4.78, 5) is 43.4. The Bertz CT molecular complexity index is 1200. The topological polar surface area (TPSA) is 81.8 Å². The van der Waals surface area contributed by atoms with E-state index in [0.29, 0.717) is 25.8 Å². The molecule has 1 heterocycles. The summed E-state index contributed by atoms with van der Waals surface area (Å²) in [6.07, 6.45) is -2.95. The van der Waals surface area contributed by atoms with Gasteiger partial charge < -0.3 is 20.4 Å². The average molecular weight is 575 g/mol. The lowest BCUT2D eigenvalue weighted by Crippen LogP contribution is -2.59. The number of hydrogen-bond donors (Lipinski definition) is 2. The van der Waals surface area contributed by atoms with Gasteiger partial charge in [-0.1, -0.05) is 63.2 Å². The van der Waals surface area contributed by atoms with Crippen molar-refractivity contribution in [2.24, 2.45) is 5.41 Å². The van der Waals surface area contributed by atoms with Crippen LogP contribution in [0.15, 0.2) is 54.6 Å². The van der Waals surface area contributed by atoms with Gasteiger partial charge in [0.25, 0.3) is 5.91 Å². The molecule has 2 N–H and O–H groups in total. The van der Waals surface area contributed by atoms with Crippen molar-refractivity contribution in [3.05, 3.63) is 71.3 Å². The summed E-state index contributed by atoms with van der Waals surface area (Å²) in [5.74, 6) is -1.29. The zero-order valence-corrected chi connectivity index (χ0v) is 24.4. The molecule has 224 valence electrons. The molecule has 3 amide bonds. The summed E-state index contributed by atoms with van der Waals surface area (Å²) < 4.78 is 41.5. The van der Waals surface area contributed by atoms with Gasteiger partial charge in [0.2, 0.25) is 11.8 Å². The molecule has 2 aromatic rings. The number of nitrogens with one attached hydrogen (secondary N) is 2. The normalized spacial score (nSPS) is 17.2. The van der Waals surface area contributed by atoms with Crippen molar-refractivity contribution in [2.45, 2.75) is 71.3 Å². The van der Waals surface area contributed by atoms with Crippen LogP contribution >= 0.6 is 0 Å². The molecule has 10 heteroatoms. The van der Waals surface area contributed by atoms with Gasteiger partial charge in [-0.2, -0.15) is 13.2 Å². The summed E-state index contributed by atoms with van der Waals surface area (Å²) in [6, 6.07) is 12.5. The standard InChI is InChI=1S/C31H41F3N4O3/c1-21(35-5)27(39)36-26(30(2,3)4)29(41)38-18-11-14-23(38)20-37(19-17-22-12-7-6-8-13-22)28(40)24-15-9-10-16-25(24)31(32,33)34/h6-10,12-13,15-16,21,23,26,35H,11,14,17-20H2,1-5H3,(H,36,39)/t21-,23-,26+/m0/s1. The quantitative estimate of drug-likeness (QED) is 0.437. The monoisotopic (exact) mass is 574 g/mol. The van der Waals surface area contributed by atoms with Crippen molar-refractivity contribution in [3.8, 4) is 0 Å². The van der Waals surface area contributed by atoms with Gasteiger partial charge in [-0.15, -0.1) is 0 Å². The molecule has 1 aliphatic rings. The number of likely N-dealkylation sites (N-methyl/N-ethyl adjacent to an activating group) is 1. The predicted octanol–water partition coefficient (Wildman–Crippen LogP) is 4.52. The number of amides is 3. The molecule has 0 spiro atoms. The van der Waals surface area contributed by atoms with Crippen LogP contribution in [0.25, 0.3) is 0 Å². The molecule has 0 bridgehead atoms. The highest BCUT2D eigenvalue weighted by Crippen LogP contribution is 2.33. The molecule has 7 nitrogen and oxygen atoms in total. The van der Waals surface area contributed by atoms with Crippen LogP contribution in [-0.2, 0) is 22.2 Å². The first-order valence-electron chi connectivity index (χ1n) is 14.0. The molecule has 0 saturated carbocycles. The zero-order chi connectivity index (χ0) is 30.4. The summed E-state index contributed by atoms with van der Waals surface area (Å²) in [5.41, 5.74) is -1.04. The van der Waals surface area contributed by atoms with Gasteiger partial charge in [-0.05, 0) is 56.3 Å². The molecule has 0 radical (unpaired) electrons. The van der Waals surface area contributed by atoms with Crippen LogP contribution in [0.2, 0.25) is 0 Å². The Labute approximate surface area is 240 Å². The summed E-state index contributed by atoms with van der Waals surface area (Å²) >= 11 is 0. The fourth-order valence-corrected chi connectivity index (χ4v) is 5.05. The molecule has 3 atom stereocenters. The highest BCUT2D eigenvalue weighted by atomic mass is 19.4. The van der Waals surface area contributed by atoms with E-state index in [1.807, 2.05) is 51.1 Å². The summed E-state index contributed by atoms with van der Waals surface area (Å²) in [6.45, 7) is 8.02. The Hall–Kier alpha value is -3.40.